The van der Waals surface area contributed by atoms with Crippen molar-refractivity contribution in [1.82, 2.24) is 5.32 Å². The van der Waals surface area contributed by atoms with Crippen molar-refractivity contribution in [1.29, 1.82) is 0 Å². The number of halogens is 2. The summed E-state index contributed by atoms with van der Waals surface area (Å²) in [6.45, 7) is 4.79. The van der Waals surface area contributed by atoms with Gasteiger partial charge in [0.1, 0.15) is 5.82 Å². The van der Waals surface area contributed by atoms with Crippen molar-refractivity contribution in [2.24, 2.45) is 0 Å². The van der Waals surface area contributed by atoms with Crippen LogP contribution in [0.1, 0.15) is 29.0 Å². The zero-order valence-corrected chi connectivity index (χ0v) is 13.4. The van der Waals surface area contributed by atoms with E-state index < -0.39 is 0 Å². The number of likely N-dealkylation sites (N-methyl/N-ethyl adjacent to an activating group) is 1. The second-order valence-corrected chi connectivity index (χ2v) is 6.37. The van der Waals surface area contributed by atoms with Crippen LogP contribution in [0.15, 0.2) is 34.1 Å². The minimum Gasteiger partial charge on any atom is -0.310 e. The van der Waals surface area contributed by atoms with Gasteiger partial charge in [0.2, 0.25) is 0 Å². The summed E-state index contributed by atoms with van der Waals surface area (Å²) in [7, 11) is 0. The monoisotopic (exact) mass is 341 g/mol. The third kappa shape index (κ3) is 3.65. The maximum absolute atomic E-state index is 13.4. The Labute approximate surface area is 126 Å². The van der Waals surface area contributed by atoms with E-state index in [0.717, 1.165) is 23.0 Å². The van der Waals surface area contributed by atoms with E-state index in [4.69, 9.17) is 0 Å². The van der Waals surface area contributed by atoms with E-state index in [1.807, 2.05) is 19.1 Å². The highest BCUT2D eigenvalue weighted by atomic mass is 79.9. The zero-order valence-electron chi connectivity index (χ0n) is 11.0. The van der Waals surface area contributed by atoms with Crippen molar-refractivity contribution in [2.45, 2.75) is 26.3 Å². The Bertz CT molecular complexity index is 553. The van der Waals surface area contributed by atoms with Crippen molar-refractivity contribution in [2.75, 3.05) is 6.54 Å². The summed E-state index contributed by atoms with van der Waals surface area (Å²) in [6, 6.07) is 7.65. The molecule has 0 saturated carbocycles. The average molecular weight is 342 g/mol. The van der Waals surface area contributed by atoms with Crippen LogP contribution in [0.5, 0.6) is 0 Å². The highest BCUT2D eigenvalue weighted by molar-refractivity contribution is 9.10. The molecule has 1 N–H and O–H groups in total. The Kier molecular flexibility index (Phi) is 5.13. The van der Waals surface area contributed by atoms with Crippen LogP contribution >= 0.6 is 27.3 Å². The molecule has 0 saturated heterocycles. The normalized spacial score (nSPS) is 12.6. The van der Waals surface area contributed by atoms with E-state index in [0.29, 0.717) is 5.56 Å². The van der Waals surface area contributed by atoms with Crippen molar-refractivity contribution >= 4 is 27.3 Å². The lowest BCUT2D eigenvalue weighted by molar-refractivity contribution is 0.549. The fourth-order valence-electron chi connectivity index (χ4n) is 2.10. The Balaban J connectivity index is 2.24. The maximum atomic E-state index is 13.4. The molecule has 0 aliphatic rings. The molecular weight excluding hydrogens is 325 g/mol. The van der Waals surface area contributed by atoms with Crippen LogP contribution in [0.2, 0.25) is 0 Å². The Morgan fingerprint density at radius 1 is 1.37 bits per heavy atom. The van der Waals surface area contributed by atoms with Gasteiger partial charge in [0.05, 0.1) is 0 Å². The van der Waals surface area contributed by atoms with Crippen LogP contribution in [0.4, 0.5) is 4.39 Å². The summed E-state index contributed by atoms with van der Waals surface area (Å²) in [5.41, 5.74) is 1.84. The van der Waals surface area contributed by atoms with Gasteiger partial charge in [-0.15, -0.1) is 11.3 Å². The SMILES string of the molecule is CCNC(Cc1sccc1Br)c1ccc(F)c(C)c1. The van der Waals surface area contributed by atoms with E-state index in [2.05, 4.69) is 39.6 Å². The molecule has 0 amide bonds. The first-order chi connectivity index (χ1) is 9.11. The quantitative estimate of drug-likeness (QED) is 0.819. The summed E-state index contributed by atoms with van der Waals surface area (Å²) in [6.07, 6.45) is 0.914. The number of thiophene rings is 1. The molecule has 1 aromatic heterocycles. The lowest BCUT2D eigenvalue weighted by Crippen LogP contribution is -2.22. The van der Waals surface area contributed by atoms with Gasteiger partial charge < -0.3 is 5.32 Å². The first-order valence-corrected chi connectivity index (χ1v) is 8.00. The highest BCUT2D eigenvalue weighted by Crippen LogP contribution is 2.28. The molecule has 102 valence electrons. The first-order valence-electron chi connectivity index (χ1n) is 6.33. The smallest absolute Gasteiger partial charge is 0.126 e. The molecule has 0 aliphatic heterocycles. The van der Waals surface area contributed by atoms with Gasteiger partial charge in [0.15, 0.2) is 0 Å². The topological polar surface area (TPSA) is 12.0 Å². The molecule has 1 atom stereocenters. The molecule has 2 aromatic rings. The lowest BCUT2D eigenvalue weighted by atomic mass is 10.0. The molecule has 0 fully saturated rings. The number of hydrogen-bond donors (Lipinski definition) is 1. The van der Waals surface area contributed by atoms with E-state index >= 15 is 0 Å². The Morgan fingerprint density at radius 2 is 2.16 bits per heavy atom. The van der Waals surface area contributed by atoms with E-state index in [1.54, 1.807) is 17.4 Å². The van der Waals surface area contributed by atoms with Gasteiger partial charge in [-0.1, -0.05) is 19.1 Å². The molecule has 1 heterocycles. The van der Waals surface area contributed by atoms with Crippen molar-refractivity contribution < 1.29 is 4.39 Å². The Morgan fingerprint density at radius 3 is 2.74 bits per heavy atom. The van der Waals surface area contributed by atoms with Gasteiger partial charge in [-0.3, -0.25) is 0 Å². The van der Waals surface area contributed by atoms with Crippen LogP contribution in [-0.4, -0.2) is 6.54 Å². The largest absolute Gasteiger partial charge is 0.310 e. The fraction of sp³-hybridized carbons (Fsp3) is 0.333. The number of rotatable bonds is 5. The summed E-state index contributed by atoms with van der Waals surface area (Å²) < 4.78 is 14.5. The van der Waals surface area contributed by atoms with Gasteiger partial charge >= 0.3 is 0 Å². The molecule has 19 heavy (non-hydrogen) atoms. The maximum Gasteiger partial charge on any atom is 0.126 e. The second kappa shape index (κ2) is 6.64. The Hall–Kier alpha value is -0.710. The third-order valence-corrected chi connectivity index (χ3v) is 5.06. The fourth-order valence-corrected chi connectivity index (χ4v) is 3.66. The molecule has 0 radical (unpaired) electrons. The van der Waals surface area contributed by atoms with Crippen LogP contribution in [-0.2, 0) is 6.42 Å². The third-order valence-electron chi connectivity index (χ3n) is 3.12. The molecule has 0 aliphatic carbocycles. The predicted molar refractivity (Wildman–Crippen MR) is 83.3 cm³/mol. The lowest BCUT2D eigenvalue weighted by Gasteiger charge is -2.18. The van der Waals surface area contributed by atoms with Crippen LogP contribution in [0.3, 0.4) is 0 Å². The standard InChI is InChI=1S/C15H17BrFNS/c1-3-18-14(9-15-12(16)6-7-19-15)11-4-5-13(17)10(2)8-11/h4-8,14,18H,3,9H2,1-2H3. The van der Waals surface area contributed by atoms with Crippen molar-refractivity contribution in [3.8, 4) is 0 Å². The van der Waals surface area contributed by atoms with Crippen molar-refractivity contribution in [3.63, 3.8) is 0 Å². The molecule has 1 unspecified atom stereocenters. The molecule has 1 nitrogen and oxygen atoms in total. The number of nitrogens with one attached hydrogen (secondary N) is 1. The number of benzene rings is 1. The minimum atomic E-state index is -0.142. The van der Waals surface area contributed by atoms with Crippen LogP contribution in [0.25, 0.3) is 0 Å². The van der Waals surface area contributed by atoms with E-state index in [-0.39, 0.29) is 11.9 Å². The van der Waals surface area contributed by atoms with Crippen molar-refractivity contribution in [3.05, 3.63) is 55.9 Å². The summed E-state index contributed by atoms with van der Waals surface area (Å²) in [4.78, 5) is 1.31. The summed E-state index contributed by atoms with van der Waals surface area (Å²) >= 11 is 5.31. The van der Waals surface area contributed by atoms with Gasteiger partial charge in [-0.05, 0) is 58.0 Å². The van der Waals surface area contributed by atoms with E-state index in [9.17, 15) is 4.39 Å². The van der Waals surface area contributed by atoms with E-state index in [1.165, 1.54) is 4.88 Å². The predicted octanol–water partition coefficient (Wildman–Crippen LogP) is 4.85. The van der Waals surface area contributed by atoms with Gasteiger partial charge in [0, 0.05) is 21.8 Å². The summed E-state index contributed by atoms with van der Waals surface area (Å²) in [5.74, 6) is -0.142. The number of hydrogen-bond acceptors (Lipinski definition) is 2. The molecule has 1 aromatic carbocycles. The first kappa shape index (κ1) is 14.7. The number of aryl methyl sites for hydroxylation is 1. The van der Waals surface area contributed by atoms with Gasteiger partial charge in [0.25, 0.3) is 0 Å². The molecule has 2 rings (SSSR count). The second-order valence-electron chi connectivity index (χ2n) is 4.51. The summed E-state index contributed by atoms with van der Waals surface area (Å²) in [5, 5.41) is 5.56. The molecule has 0 spiro atoms. The van der Waals surface area contributed by atoms with Gasteiger partial charge in [-0.25, -0.2) is 4.39 Å². The molecular formula is C15H17BrFNS. The van der Waals surface area contributed by atoms with Crippen LogP contribution < -0.4 is 5.32 Å². The van der Waals surface area contributed by atoms with Gasteiger partial charge in [-0.2, -0.15) is 0 Å². The van der Waals surface area contributed by atoms with Crippen LogP contribution in [0, 0.1) is 12.7 Å². The minimum absolute atomic E-state index is 0.142. The zero-order chi connectivity index (χ0) is 13.8. The molecule has 0 bridgehead atoms. The average Bonchev–Trinajstić information content (AvgIpc) is 2.78. The highest BCUT2D eigenvalue weighted by Gasteiger charge is 2.14. The molecule has 4 heteroatoms.